The molecule has 0 aromatic heterocycles. The van der Waals surface area contributed by atoms with Gasteiger partial charge in [-0.25, -0.2) is 8.78 Å². The lowest BCUT2D eigenvalue weighted by atomic mass is 10.0. The van der Waals surface area contributed by atoms with E-state index in [1.54, 1.807) is 4.90 Å². The number of halogens is 2. The molecule has 0 radical (unpaired) electrons. The summed E-state index contributed by atoms with van der Waals surface area (Å²) >= 11 is 0. The minimum atomic E-state index is -1.35. The zero-order chi connectivity index (χ0) is 14.9. The summed E-state index contributed by atoms with van der Waals surface area (Å²) in [5, 5.41) is 10.6. The van der Waals surface area contributed by atoms with Crippen molar-refractivity contribution in [2.24, 2.45) is 0 Å². The maximum Gasteiger partial charge on any atom is 0.240 e. The standard InChI is InChI=1S/C12H15F2N3O3/c1-8(18)15-2-4-16(5-3-15)12-10(13)6-9(17(19)20)7-11(12)14/h6,9H,2-5,7H2,1H3. The summed E-state index contributed by atoms with van der Waals surface area (Å²) in [7, 11) is 0. The van der Waals surface area contributed by atoms with Crippen molar-refractivity contribution in [2.75, 3.05) is 26.2 Å². The number of amides is 1. The van der Waals surface area contributed by atoms with Crippen LogP contribution in [0.4, 0.5) is 8.78 Å². The van der Waals surface area contributed by atoms with E-state index in [0.29, 0.717) is 26.2 Å². The average Bonchev–Trinajstić information content (AvgIpc) is 2.38. The predicted octanol–water partition coefficient (Wildman–Crippen LogP) is 1.23. The van der Waals surface area contributed by atoms with Crippen LogP contribution in [0.3, 0.4) is 0 Å². The van der Waals surface area contributed by atoms with Crippen LogP contribution in [-0.4, -0.2) is 52.9 Å². The number of carbonyl (C=O) groups excluding carboxylic acids is 1. The van der Waals surface area contributed by atoms with Gasteiger partial charge in [-0.05, 0) is 0 Å². The van der Waals surface area contributed by atoms with E-state index in [0.717, 1.165) is 6.08 Å². The Balaban J connectivity index is 2.10. The van der Waals surface area contributed by atoms with Gasteiger partial charge in [0.25, 0.3) is 0 Å². The number of rotatable bonds is 2. The SMILES string of the molecule is CC(=O)N1CCN(C2=C(F)CC([N+](=O)[O-])C=C2F)CC1. The van der Waals surface area contributed by atoms with Gasteiger partial charge in [-0.15, -0.1) is 0 Å². The van der Waals surface area contributed by atoms with Crippen LogP contribution in [-0.2, 0) is 4.79 Å². The lowest BCUT2D eigenvalue weighted by Gasteiger charge is -2.37. The fourth-order valence-electron chi connectivity index (χ4n) is 2.42. The number of nitrogens with zero attached hydrogens (tertiary/aromatic N) is 3. The second-order valence-electron chi connectivity index (χ2n) is 4.82. The molecular weight excluding hydrogens is 272 g/mol. The quantitative estimate of drug-likeness (QED) is 0.566. The van der Waals surface area contributed by atoms with Crippen LogP contribution >= 0.6 is 0 Å². The Labute approximate surface area is 114 Å². The molecular formula is C12H15F2N3O3. The van der Waals surface area contributed by atoms with Gasteiger partial charge in [-0.2, -0.15) is 0 Å². The Kier molecular flexibility index (Phi) is 4.01. The van der Waals surface area contributed by atoms with Gasteiger partial charge in [0.1, 0.15) is 11.5 Å². The molecule has 1 heterocycles. The zero-order valence-corrected chi connectivity index (χ0v) is 11.0. The van der Waals surface area contributed by atoms with Crippen LogP contribution in [0.5, 0.6) is 0 Å². The summed E-state index contributed by atoms with van der Waals surface area (Å²) in [5.41, 5.74) is -0.202. The van der Waals surface area contributed by atoms with Crippen molar-refractivity contribution in [3.8, 4) is 0 Å². The summed E-state index contributed by atoms with van der Waals surface area (Å²) in [6.07, 6.45) is 0.415. The fourth-order valence-corrected chi connectivity index (χ4v) is 2.42. The first-order chi connectivity index (χ1) is 9.40. The highest BCUT2D eigenvalue weighted by Crippen LogP contribution is 2.31. The molecule has 0 N–H and O–H groups in total. The molecule has 0 aromatic carbocycles. The number of allylic oxidation sites excluding steroid dienone is 1. The largest absolute Gasteiger partial charge is 0.364 e. The highest BCUT2D eigenvalue weighted by molar-refractivity contribution is 5.73. The van der Waals surface area contributed by atoms with Gasteiger partial charge in [0, 0.05) is 44.1 Å². The van der Waals surface area contributed by atoms with Crippen LogP contribution in [0.2, 0.25) is 0 Å². The Morgan fingerprint density at radius 2 is 1.95 bits per heavy atom. The molecule has 110 valence electrons. The maximum atomic E-state index is 13.9. The summed E-state index contributed by atoms with van der Waals surface area (Å²) in [6, 6.07) is -1.35. The van der Waals surface area contributed by atoms with Crippen molar-refractivity contribution < 1.29 is 18.5 Å². The first-order valence-corrected chi connectivity index (χ1v) is 6.30. The number of nitro groups is 1. The smallest absolute Gasteiger partial charge is 0.240 e. The highest BCUT2D eigenvalue weighted by Gasteiger charge is 2.33. The van der Waals surface area contributed by atoms with Gasteiger partial charge in [0.2, 0.25) is 11.9 Å². The van der Waals surface area contributed by atoms with Gasteiger partial charge in [0.15, 0.2) is 5.83 Å². The molecule has 8 heteroatoms. The second-order valence-corrected chi connectivity index (χ2v) is 4.82. The van der Waals surface area contributed by atoms with Gasteiger partial charge in [-0.3, -0.25) is 14.9 Å². The Morgan fingerprint density at radius 1 is 1.35 bits per heavy atom. The molecule has 2 rings (SSSR count). The molecule has 1 aliphatic heterocycles. The summed E-state index contributed by atoms with van der Waals surface area (Å²) in [4.78, 5) is 24.2. The van der Waals surface area contributed by atoms with Crippen LogP contribution in [0.25, 0.3) is 0 Å². The predicted molar refractivity (Wildman–Crippen MR) is 66.6 cm³/mol. The lowest BCUT2D eigenvalue weighted by molar-refractivity contribution is -0.509. The average molecular weight is 287 g/mol. The van der Waals surface area contributed by atoms with Crippen molar-refractivity contribution in [3.05, 3.63) is 33.5 Å². The molecule has 0 saturated carbocycles. The second kappa shape index (κ2) is 5.56. The third kappa shape index (κ3) is 2.78. The van der Waals surface area contributed by atoms with Crippen molar-refractivity contribution in [1.29, 1.82) is 0 Å². The molecule has 6 nitrogen and oxygen atoms in total. The van der Waals surface area contributed by atoms with Gasteiger partial charge in [-0.1, -0.05) is 0 Å². The van der Waals surface area contributed by atoms with Crippen LogP contribution in [0, 0.1) is 10.1 Å². The molecule has 1 fully saturated rings. The monoisotopic (exact) mass is 287 g/mol. The summed E-state index contributed by atoms with van der Waals surface area (Å²) in [5.74, 6) is -1.78. The summed E-state index contributed by atoms with van der Waals surface area (Å²) < 4.78 is 27.8. The third-order valence-corrected chi connectivity index (χ3v) is 3.52. The molecule has 0 aromatic rings. The molecule has 20 heavy (non-hydrogen) atoms. The van der Waals surface area contributed by atoms with Crippen LogP contribution < -0.4 is 0 Å². The molecule has 1 unspecified atom stereocenters. The Hall–Kier alpha value is -1.99. The third-order valence-electron chi connectivity index (χ3n) is 3.52. The van der Waals surface area contributed by atoms with Gasteiger partial charge in [0.05, 0.1) is 6.42 Å². The molecule has 1 amide bonds. The molecule has 2 aliphatic rings. The first-order valence-electron chi connectivity index (χ1n) is 6.30. The minimum absolute atomic E-state index is 0.0767. The lowest BCUT2D eigenvalue weighted by Crippen LogP contribution is -2.48. The van der Waals surface area contributed by atoms with E-state index in [9.17, 15) is 23.7 Å². The van der Waals surface area contributed by atoms with E-state index in [2.05, 4.69) is 0 Å². The number of piperazine rings is 1. The number of hydrogen-bond donors (Lipinski definition) is 0. The van der Waals surface area contributed by atoms with Crippen LogP contribution in [0.1, 0.15) is 13.3 Å². The van der Waals surface area contributed by atoms with Crippen molar-refractivity contribution in [1.82, 2.24) is 9.80 Å². The topological polar surface area (TPSA) is 66.7 Å². The Morgan fingerprint density at radius 3 is 2.40 bits per heavy atom. The van der Waals surface area contributed by atoms with E-state index in [-0.39, 0.29) is 11.6 Å². The van der Waals surface area contributed by atoms with Gasteiger partial charge < -0.3 is 9.80 Å². The van der Waals surface area contributed by atoms with Crippen molar-refractivity contribution >= 4 is 5.91 Å². The summed E-state index contributed by atoms with van der Waals surface area (Å²) in [6.45, 7) is 2.84. The number of hydrogen-bond acceptors (Lipinski definition) is 4. The molecule has 1 aliphatic carbocycles. The molecule has 0 spiro atoms. The zero-order valence-electron chi connectivity index (χ0n) is 11.0. The number of carbonyl (C=O) groups is 1. The highest BCUT2D eigenvalue weighted by atomic mass is 19.1. The van der Waals surface area contributed by atoms with E-state index in [1.165, 1.54) is 11.8 Å². The first kappa shape index (κ1) is 14.4. The van der Waals surface area contributed by atoms with Crippen molar-refractivity contribution in [2.45, 2.75) is 19.4 Å². The fraction of sp³-hybridized carbons (Fsp3) is 0.583. The Bertz CT molecular complexity index is 496. The molecule has 0 bridgehead atoms. The normalized spacial score (nSPS) is 23.8. The minimum Gasteiger partial charge on any atom is -0.364 e. The van der Waals surface area contributed by atoms with Gasteiger partial charge >= 0.3 is 0 Å². The van der Waals surface area contributed by atoms with Crippen molar-refractivity contribution in [3.63, 3.8) is 0 Å². The molecule has 1 atom stereocenters. The van der Waals surface area contributed by atoms with E-state index < -0.39 is 29.0 Å². The van der Waals surface area contributed by atoms with E-state index in [4.69, 9.17) is 0 Å². The van der Waals surface area contributed by atoms with Crippen LogP contribution in [0.15, 0.2) is 23.4 Å². The van der Waals surface area contributed by atoms with E-state index >= 15 is 0 Å². The maximum absolute atomic E-state index is 13.9. The van der Waals surface area contributed by atoms with E-state index in [1.807, 2.05) is 0 Å². The molecule has 1 saturated heterocycles.